The molecule has 75 heavy (non-hydrogen) atoms. The van der Waals surface area contributed by atoms with Crippen LogP contribution in [0.15, 0.2) is 12.2 Å². The zero-order valence-corrected chi connectivity index (χ0v) is 51.1. The molecular weight excluding hydrogens is 923 g/mol. The highest BCUT2D eigenvalue weighted by Crippen LogP contribution is 2.19. The fourth-order valence-corrected chi connectivity index (χ4v) is 11.1. The van der Waals surface area contributed by atoms with Crippen LogP contribution >= 0.6 is 0 Å². The van der Waals surface area contributed by atoms with Gasteiger partial charge in [0.05, 0.1) is 25.4 Å². The lowest BCUT2D eigenvalue weighted by Gasteiger charge is -2.22. The van der Waals surface area contributed by atoms with Gasteiger partial charge in [-0.1, -0.05) is 341 Å². The predicted octanol–water partition coefficient (Wildman–Crippen LogP) is 22.0. The quantitative estimate of drug-likeness (QED) is 0.0320. The molecule has 0 heterocycles. The van der Waals surface area contributed by atoms with Crippen LogP contribution in [0, 0.1) is 0 Å². The van der Waals surface area contributed by atoms with Crippen LogP contribution in [0.3, 0.4) is 0 Å². The van der Waals surface area contributed by atoms with Gasteiger partial charge in [-0.25, -0.2) is 0 Å². The van der Waals surface area contributed by atoms with E-state index in [4.69, 9.17) is 4.74 Å². The molecule has 2 unspecified atom stereocenters. The maximum absolute atomic E-state index is 12.5. The van der Waals surface area contributed by atoms with Crippen LogP contribution in [0.25, 0.3) is 0 Å². The van der Waals surface area contributed by atoms with Gasteiger partial charge in [0.15, 0.2) is 0 Å². The Morgan fingerprint density at radius 1 is 0.360 bits per heavy atom. The first-order valence-corrected chi connectivity index (χ1v) is 34.4. The van der Waals surface area contributed by atoms with E-state index in [1.54, 1.807) is 0 Å². The Labute approximate surface area is 469 Å². The molecule has 0 fully saturated rings. The van der Waals surface area contributed by atoms with Crippen molar-refractivity contribution in [1.82, 2.24) is 5.32 Å². The number of ether oxygens (including phenoxy) is 1. The van der Waals surface area contributed by atoms with Crippen molar-refractivity contribution in [3.8, 4) is 0 Å². The van der Waals surface area contributed by atoms with Gasteiger partial charge in [-0.2, -0.15) is 0 Å². The molecule has 3 N–H and O–H groups in total. The lowest BCUT2D eigenvalue weighted by atomic mass is 10.0. The molecule has 0 bridgehead atoms. The zero-order valence-electron chi connectivity index (χ0n) is 51.1. The van der Waals surface area contributed by atoms with Gasteiger partial charge in [0.2, 0.25) is 5.91 Å². The maximum atomic E-state index is 12.5. The summed E-state index contributed by atoms with van der Waals surface area (Å²) < 4.78 is 5.49. The third-order valence-corrected chi connectivity index (χ3v) is 16.3. The standard InChI is InChI=1S/C69H135NO5/c1-3-5-7-9-11-13-15-17-19-20-28-31-34-37-41-45-49-53-57-61-67(72)66(65-71)70-68(73)62-58-54-50-46-42-38-35-32-29-26-24-22-21-23-25-27-30-33-36-40-44-48-52-56-60-64-75-69(74)63-59-55-51-47-43-39-18-16-14-12-10-8-6-4-2/h22,24,66-67,71-72H,3-21,23,25-65H2,1-2H3,(H,70,73)/b24-22-. The van der Waals surface area contributed by atoms with Crippen LogP contribution in [-0.2, 0) is 14.3 Å². The molecule has 0 aliphatic heterocycles. The summed E-state index contributed by atoms with van der Waals surface area (Å²) in [6, 6.07) is -0.544. The van der Waals surface area contributed by atoms with E-state index in [1.165, 1.54) is 321 Å². The number of hydrogen-bond donors (Lipinski definition) is 3. The van der Waals surface area contributed by atoms with Crippen LogP contribution in [0.1, 0.15) is 393 Å². The zero-order chi connectivity index (χ0) is 54.3. The number of aliphatic hydroxyl groups is 2. The number of aliphatic hydroxyl groups excluding tert-OH is 2. The second-order valence-electron chi connectivity index (χ2n) is 23.9. The Balaban J connectivity index is 3.38. The number of rotatable bonds is 65. The highest BCUT2D eigenvalue weighted by Gasteiger charge is 2.20. The summed E-state index contributed by atoms with van der Waals surface area (Å²) in [6.45, 7) is 4.99. The molecule has 0 saturated carbocycles. The highest BCUT2D eigenvalue weighted by molar-refractivity contribution is 5.76. The van der Waals surface area contributed by atoms with Crippen LogP contribution in [-0.4, -0.2) is 47.4 Å². The van der Waals surface area contributed by atoms with E-state index in [0.29, 0.717) is 25.9 Å². The molecule has 0 aromatic carbocycles. The molecule has 6 nitrogen and oxygen atoms in total. The van der Waals surface area contributed by atoms with Gasteiger partial charge in [0.25, 0.3) is 0 Å². The van der Waals surface area contributed by atoms with Crippen molar-refractivity contribution in [1.29, 1.82) is 0 Å². The first kappa shape index (κ1) is 73.6. The monoisotopic (exact) mass is 1060 g/mol. The van der Waals surface area contributed by atoms with Gasteiger partial charge in [-0.05, 0) is 51.4 Å². The molecule has 0 aromatic rings. The van der Waals surface area contributed by atoms with Crippen LogP contribution < -0.4 is 5.32 Å². The smallest absolute Gasteiger partial charge is 0.305 e. The van der Waals surface area contributed by atoms with Gasteiger partial charge >= 0.3 is 5.97 Å². The van der Waals surface area contributed by atoms with Gasteiger partial charge in [0.1, 0.15) is 0 Å². The molecule has 1 amide bonds. The molecule has 0 aliphatic rings. The summed E-state index contributed by atoms with van der Waals surface area (Å²) in [5.41, 5.74) is 0. The molecule has 446 valence electrons. The second kappa shape index (κ2) is 65.1. The Hall–Kier alpha value is -1.40. The lowest BCUT2D eigenvalue weighted by Crippen LogP contribution is -2.45. The number of unbranched alkanes of at least 4 members (excludes halogenated alkanes) is 52. The minimum atomic E-state index is -0.666. The number of carbonyl (C=O) groups is 2. The first-order valence-electron chi connectivity index (χ1n) is 34.4. The van der Waals surface area contributed by atoms with Crippen molar-refractivity contribution in [3.05, 3.63) is 12.2 Å². The molecule has 6 heteroatoms. The van der Waals surface area contributed by atoms with Crippen LogP contribution in [0.2, 0.25) is 0 Å². The van der Waals surface area contributed by atoms with Crippen molar-refractivity contribution >= 4 is 11.9 Å². The summed E-state index contributed by atoms with van der Waals surface area (Å²) in [7, 11) is 0. The fraction of sp³-hybridized carbons (Fsp3) is 0.942. The minimum absolute atomic E-state index is 0.0168. The molecule has 0 radical (unpaired) electrons. The summed E-state index contributed by atoms with van der Waals surface area (Å²) >= 11 is 0. The van der Waals surface area contributed by atoms with E-state index < -0.39 is 12.1 Å². The van der Waals surface area contributed by atoms with E-state index in [1.807, 2.05) is 0 Å². The molecule has 2 atom stereocenters. The maximum Gasteiger partial charge on any atom is 0.305 e. The van der Waals surface area contributed by atoms with E-state index in [2.05, 4.69) is 31.3 Å². The second-order valence-corrected chi connectivity index (χ2v) is 23.9. The summed E-state index contributed by atoms with van der Waals surface area (Å²) in [6.07, 6.45) is 79.6. The van der Waals surface area contributed by atoms with Crippen molar-refractivity contribution in [2.75, 3.05) is 13.2 Å². The summed E-state index contributed by atoms with van der Waals surface area (Å²) in [5, 5.41) is 23.4. The number of carbonyl (C=O) groups excluding carboxylic acids is 2. The first-order chi connectivity index (χ1) is 37.0. The molecule has 0 aromatic heterocycles. The average Bonchev–Trinajstić information content (AvgIpc) is 3.41. The van der Waals surface area contributed by atoms with Crippen LogP contribution in [0.5, 0.6) is 0 Å². The van der Waals surface area contributed by atoms with Gasteiger partial charge < -0.3 is 20.3 Å². The summed E-state index contributed by atoms with van der Waals surface area (Å²) in [4.78, 5) is 24.6. The van der Waals surface area contributed by atoms with Crippen molar-refractivity contribution in [2.24, 2.45) is 0 Å². The predicted molar refractivity (Wildman–Crippen MR) is 329 cm³/mol. The molecule has 0 saturated heterocycles. The number of amides is 1. The Kier molecular flexibility index (Phi) is 63.9. The molecular formula is C69H135NO5. The molecule has 0 aliphatic carbocycles. The topological polar surface area (TPSA) is 95.9 Å². The van der Waals surface area contributed by atoms with Gasteiger partial charge in [0, 0.05) is 12.8 Å². The van der Waals surface area contributed by atoms with Crippen LogP contribution in [0.4, 0.5) is 0 Å². The van der Waals surface area contributed by atoms with E-state index in [-0.39, 0.29) is 18.5 Å². The SMILES string of the molecule is CCCCCCCCCCCCCCCCCCCCCC(O)C(CO)NC(=O)CCCCCCCCCCC/C=C\CCCCCCCCCCCCCCOC(=O)CCCCCCCCCCCCCCCC. The van der Waals surface area contributed by atoms with E-state index in [0.717, 1.165) is 38.5 Å². The highest BCUT2D eigenvalue weighted by atomic mass is 16.5. The van der Waals surface area contributed by atoms with Gasteiger partial charge in [-0.15, -0.1) is 0 Å². The Morgan fingerprint density at radius 2 is 0.627 bits per heavy atom. The number of esters is 1. The summed E-state index contributed by atoms with van der Waals surface area (Å²) in [5.74, 6) is -0.0170. The third kappa shape index (κ3) is 61.7. The van der Waals surface area contributed by atoms with Crippen molar-refractivity contribution < 1.29 is 24.5 Å². The number of allylic oxidation sites excluding steroid dienone is 2. The van der Waals surface area contributed by atoms with Crippen molar-refractivity contribution in [3.63, 3.8) is 0 Å². The average molecular weight is 1060 g/mol. The minimum Gasteiger partial charge on any atom is -0.466 e. The lowest BCUT2D eigenvalue weighted by molar-refractivity contribution is -0.143. The van der Waals surface area contributed by atoms with Crippen molar-refractivity contribution in [2.45, 2.75) is 405 Å². The Bertz CT molecular complexity index is 1130. The molecule has 0 rings (SSSR count). The van der Waals surface area contributed by atoms with Gasteiger partial charge in [-0.3, -0.25) is 9.59 Å². The fourth-order valence-electron chi connectivity index (χ4n) is 11.1. The van der Waals surface area contributed by atoms with E-state index >= 15 is 0 Å². The third-order valence-electron chi connectivity index (χ3n) is 16.3. The normalized spacial score (nSPS) is 12.5. The van der Waals surface area contributed by atoms with E-state index in [9.17, 15) is 19.8 Å². The number of nitrogens with one attached hydrogen (secondary N) is 1. The largest absolute Gasteiger partial charge is 0.466 e. The molecule has 0 spiro atoms. The number of hydrogen-bond acceptors (Lipinski definition) is 5. The Morgan fingerprint density at radius 3 is 0.947 bits per heavy atom.